The van der Waals surface area contributed by atoms with Gasteiger partial charge in [0.2, 0.25) is 0 Å². The Kier molecular flexibility index (Phi) is 6.55. The smallest absolute Gasteiger partial charge is 0.344 e. The minimum atomic E-state index is -0.783. The van der Waals surface area contributed by atoms with Crippen LogP contribution in [0.3, 0.4) is 0 Å². The van der Waals surface area contributed by atoms with Crippen LogP contribution in [0.4, 0.5) is 10.1 Å². The second kappa shape index (κ2) is 9.47. The molecule has 0 aliphatic heterocycles. The molecule has 0 fully saturated rings. The Balaban J connectivity index is 1.77. The van der Waals surface area contributed by atoms with Crippen molar-refractivity contribution in [2.75, 3.05) is 18.1 Å². The molecule has 0 aliphatic rings. The molecule has 3 aromatic rings. The fraction of sp³-hybridized carbons (Fsp3) is 0.182. The van der Waals surface area contributed by atoms with E-state index in [2.05, 4.69) is 5.16 Å². The lowest BCUT2D eigenvalue weighted by Crippen LogP contribution is -2.36. The van der Waals surface area contributed by atoms with Gasteiger partial charge in [0.05, 0.1) is 18.2 Å². The topological polar surface area (TPSA) is 96.4 Å². The Morgan fingerprint density at radius 1 is 1.17 bits per heavy atom. The van der Waals surface area contributed by atoms with Gasteiger partial charge in [0.15, 0.2) is 6.61 Å². The normalized spacial score (nSPS) is 10.3. The largest absolute Gasteiger partial charge is 0.452 e. The van der Waals surface area contributed by atoms with Crippen molar-refractivity contribution in [1.29, 1.82) is 5.26 Å². The van der Waals surface area contributed by atoms with Crippen LogP contribution in [-0.4, -0.2) is 30.2 Å². The molecule has 1 amide bonds. The molecule has 0 N–H and O–H groups in total. The number of nitrogens with zero attached hydrogens (tertiary/aromatic N) is 3. The van der Waals surface area contributed by atoms with Crippen LogP contribution in [0.5, 0.6) is 0 Å². The van der Waals surface area contributed by atoms with E-state index in [0.29, 0.717) is 11.3 Å². The first-order chi connectivity index (χ1) is 14.5. The summed E-state index contributed by atoms with van der Waals surface area (Å²) in [7, 11) is 0. The molecule has 3 rings (SSSR count). The maximum atomic E-state index is 14.1. The van der Waals surface area contributed by atoms with Gasteiger partial charge in [-0.05, 0) is 19.1 Å². The third kappa shape index (κ3) is 4.52. The van der Waals surface area contributed by atoms with Gasteiger partial charge in [0, 0.05) is 12.1 Å². The number of para-hydroxylation sites is 1. The number of esters is 1. The molecule has 0 radical (unpaired) electrons. The van der Waals surface area contributed by atoms with E-state index in [0.717, 1.165) is 4.90 Å². The van der Waals surface area contributed by atoms with Crippen molar-refractivity contribution in [3.63, 3.8) is 0 Å². The van der Waals surface area contributed by atoms with Gasteiger partial charge in [-0.3, -0.25) is 4.79 Å². The van der Waals surface area contributed by atoms with Gasteiger partial charge in [0.25, 0.3) is 5.91 Å². The number of aromatic nitrogens is 1. The molecule has 152 valence electrons. The Morgan fingerprint density at radius 2 is 1.87 bits per heavy atom. The van der Waals surface area contributed by atoms with Crippen LogP contribution in [0, 0.1) is 24.1 Å². The third-order valence-electron chi connectivity index (χ3n) is 4.33. The van der Waals surface area contributed by atoms with Crippen molar-refractivity contribution in [2.24, 2.45) is 0 Å². The lowest BCUT2D eigenvalue weighted by molar-refractivity contribution is -0.121. The Labute approximate surface area is 172 Å². The number of amides is 1. The van der Waals surface area contributed by atoms with Gasteiger partial charge < -0.3 is 14.2 Å². The molecule has 0 spiro atoms. The fourth-order valence-electron chi connectivity index (χ4n) is 2.89. The highest BCUT2D eigenvalue weighted by molar-refractivity contribution is 6.00. The molecule has 30 heavy (non-hydrogen) atoms. The van der Waals surface area contributed by atoms with Crippen LogP contribution in [-0.2, 0) is 9.53 Å². The monoisotopic (exact) mass is 407 g/mol. The number of carbonyl (C=O) groups is 2. The van der Waals surface area contributed by atoms with Gasteiger partial charge in [-0.25, -0.2) is 9.18 Å². The zero-order valence-corrected chi connectivity index (χ0v) is 16.2. The number of benzene rings is 2. The lowest BCUT2D eigenvalue weighted by atomic mass is 10.1. The Bertz CT molecular complexity index is 1090. The van der Waals surface area contributed by atoms with E-state index in [9.17, 15) is 14.0 Å². The predicted molar refractivity (Wildman–Crippen MR) is 106 cm³/mol. The van der Waals surface area contributed by atoms with Crippen LogP contribution in [0.2, 0.25) is 0 Å². The number of ether oxygens (including phenoxy) is 1. The number of anilines is 1. The Morgan fingerprint density at radius 3 is 2.57 bits per heavy atom. The van der Waals surface area contributed by atoms with Crippen molar-refractivity contribution in [2.45, 2.75) is 13.3 Å². The van der Waals surface area contributed by atoms with E-state index in [1.165, 1.54) is 18.2 Å². The fourth-order valence-corrected chi connectivity index (χ4v) is 2.89. The molecular formula is C22H18FN3O4. The number of nitriles is 1. The number of aryl methyl sites for hydroxylation is 1. The van der Waals surface area contributed by atoms with E-state index >= 15 is 0 Å². The Hall–Kier alpha value is -3.99. The van der Waals surface area contributed by atoms with Crippen molar-refractivity contribution < 1.29 is 23.2 Å². The third-order valence-corrected chi connectivity index (χ3v) is 4.33. The van der Waals surface area contributed by atoms with Crippen LogP contribution in [0.15, 0.2) is 59.1 Å². The van der Waals surface area contributed by atoms with Gasteiger partial charge in [-0.2, -0.15) is 5.26 Å². The standard InChI is InChI=1S/C22H18FN3O4/c1-15-20(21(25-30-15)16-8-3-2-4-9-16)22(28)29-14-19(27)26(13-7-12-24)18-11-6-5-10-17(18)23/h2-6,8-11H,7,13-14H2,1H3. The van der Waals surface area contributed by atoms with E-state index < -0.39 is 24.3 Å². The molecule has 1 heterocycles. The summed E-state index contributed by atoms with van der Waals surface area (Å²) in [6.45, 7) is 0.906. The zero-order chi connectivity index (χ0) is 21.5. The molecular weight excluding hydrogens is 389 g/mol. The summed E-state index contributed by atoms with van der Waals surface area (Å²) in [6.07, 6.45) is -0.00304. The van der Waals surface area contributed by atoms with Crippen molar-refractivity contribution in [3.8, 4) is 17.3 Å². The van der Waals surface area contributed by atoms with Crippen LogP contribution in [0.25, 0.3) is 11.3 Å². The molecule has 0 bridgehead atoms. The summed E-state index contributed by atoms with van der Waals surface area (Å²) in [5.74, 6) is -1.80. The van der Waals surface area contributed by atoms with Crippen LogP contribution >= 0.6 is 0 Å². The van der Waals surface area contributed by atoms with E-state index in [-0.39, 0.29) is 30.0 Å². The number of hydrogen-bond acceptors (Lipinski definition) is 6. The first kappa shape index (κ1) is 20.7. The summed E-state index contributed by atoms with van der Waals surface area (Å²) in [5.41, 5.74) is 1.10. The summed E-state index contributed by atoms with van der Waals surface area (Å²) in [4.78, 5) is 26.4. The lowest BCUT2D eigenvalue weighted by Gasteiger charge is -2.22. The zero-order valence-electron chi connectivity index (χ0n) is 16.2. The van der Waals surface area contributed by atoms with Gasteiger partial charge in [-0.1, -0.05) is 47.6 Å². The highest BCUT2D eigenvalue weighted by Gasteiger charge is 2.25. The molecule has 0 atom stereocenters. The summed E-state index contributed by atoms with van der Waals surface area (Å²) >= 11 is 0. The molecule has 7 nitrogen and oxygen atoms in total. The molecule has 0 unspecified atom stereocenters. The second-order valence-corrected chi connectivity index (χ2v) is 6.31. The molecule has 2 aromatic carbocycles. The van der Waals surface area contributed by atoms with Crippen LogP contribution < -0.4 is 4.90 Å². The van der Waals surface area contributed by atoms with Gasteiger partial charge in [0.1, 0.15) is 22.8 Å². The highest BCUT2D eigenvalue weighted by atomic mass is 19.1. The average molecular weight is 407 g/mol. The summed E-state index contributed by atoms with van der Waals surface area (Å²) in [6, 6.07) is 16.5. The van der Waals surface area contributed by atoms with Gasteiger partial charge >= 0.3 is 5.97 Å². The molecule has 0 saturated carbocycles. The quantitative estimate of drug-likeness (QED) is 0.551. The van der Waals surface area contributed by atoms with E-state index in [4.69, 9.17) is 14.5 Å². The maximum absolute atomic E-state index is 14.1. The SMILES string of the molecule is Cc1onc(-c2ccccc2)c1C(=O)OCC(=O)N(CCC#N)c1ccccc1F. The molecule has 0 aliphatic carbocycles. The number of halogens is 1. The number of carbonyl (C=O) groups excluding carboxylic acids is 2. The van der Waals surface area contributed by atoms with Crippen molar-refractivity contribution in [1.82, 2.24) is 5.16 Å². The van der Waals surface area contributed by atoms with Gasteiger partial charge in [-0.15, -0.1) is 0 Å². The highest BCUT2D eigenvalue weighted by Crippen LogP contribution is 2.26. The number of rotatable bonds is 7. The first-order valence-electron chi connectivity index (χ1n) is 9.13. The van der Waals surface area contributed by atoms with E-state index in [1.54, 1.807) is 37.3 Å². The second-order valence-electron chi connectivity index (χ2n) is 6.31. The number of hydrogen-bond donors (Lipinski definition) is 0. The molecule has 1 aromatic heterocycles. The molecule has 0 saturated heterocycles. The summed E-state index contributed by atoms with van der Waals surface area (Å²) in [5, 5.41) is 12.8. The van der Waals surface area contributed by atoms with Crippen LogP contribution in [0.1, 0.15) is 22.5 Å². The predicted octanol–water partition coefficient (Wildman–Crippen LogP) is 3.89. The average Bonchev–Trinajstić information content (AvgIpc) is 3.15. The van der Waals surface area contributed by atoms with E-state index in [1.807, 2.05) is 12.1 Å². The minimum Gasteiger partial charge on any atom is -0.452 e. The minimum absolute atomic E-state index is 0.00304. The van der Waals surface area contributed by atoms with Crippen molar-refractivity contribution in [3.05, 3.63) is 71.7 Å². The van der Waals surface area contributed by atoms with Crippen molar-refractivity contribution >= 4 is 17.6 Å². The first-order valence-corrected chi connectivity index (χ1v) is 9.13. The summed E-state index contributed by atoms with van der Waals surface area (Å²) < 4.78 is 24.4. The molecule has 8 heteroatoms. The maximum Gasteiger partial charge on any atom is 0.344 e.